The Bertz CT molecular complexity index is 515. The van der Waals surface area contributed by atoms with Gasteiger partial charge in [0.2, 0.25) is 5.91 Å². The maximum atomic E-state index is 12.2. The summed E-state index contributed by atoms with van der Waals surface area (Å²) in [5.41, 5.74) is 0.187. The number of aromatic nitrogens is 1. The summed E-state index contributed by atoms with van der Waals surface area (Å²) < 4.78 is 5.11. The highest BCUT2D eigenvalue weighted by molar-refractivity contribution is 5.94. The zero-order chi connectivity index (χ0) is 14.1. The van der Waals surface area contributed by atoms with Crippen LogP contribution in [0.15, 0.2) is 10.7 Å². The van der Waals surface area contributed by atoms with E-state index in [1.54, 1.807) is 4.90 Å². The van der Waals surface area contributed by atoms with E-state index in [0.717, 1.165) is 12.8 Å². The summed E-state index contributed by atoms with van der Waals surface area (Å²) >= 11 is 0. The highest BCUT2D eigenvalue weighted by Gasteiger charge is 2.31. The number of likely N-dealkylation sites (tertiary alicyclic amines) is 1. The topological polar surface area (TPSA) is 95.7 Å². The SMILES string of the molecule is O=C(Nc1nc(C(=O)N2CCC(O)CC2)co1)C1CC1. The lowest BCUT2D eigenvalue weighted by molar-refractivity contribution is -0.117. The number of nitrogens with zero attached hydrogens (tertiary/aromatic N) is 2. The number of hydrogen-bond acceptors (Lipinski definition) is 5. The largest absolute Gasteiger partial charge is 0.431 e. The minimum atomic E-state index is -0.329. The second-order valence-electron chi connectivity index (χ2n) is 5.32. The van der Waals surface area contributed by atoms with Gasteiger partial charge in [-0.1, -0.05) is 0 Å². The average molecular weight is 279 g/mol. The summed E-state index contributed by atoms with van der Waals surface area (Å²) in [5.74, 6) is -0.274. The van der Waals surface area contributed by atoms with Gasteiger partial charge in [0.25, 0.3) is 5.91 Å². The molecule has 2 heterocycles. The van der Waals surface area contributed by atoms with E-state index in [0.29, 0.717) is 25.9 Å². The van der Waals surface area contributed by atoms with Crippen molar-refractivity contribution in [3.05, 3.63) is 12.0 Å². The molecule has 7 heteroatoms. The van der Waals surface area contributed by atoms with Gasteiger partial charge in [0, 0.05) is 19.0 Å². The van der Waals surface area contributed by atoms with Crippen LogP contribution in [-0.2, 0) is 4.79 Å². The van der Waals surface area contributed by atoms with Crippen molar-refractivity contribution in [1.82, 2.24) is 9.88 Å². The molecule has 0 atom stereocenters. The predicted molar refractivity (Wildman–Crippen MR) is 69.0 cm³/mol. The molecule has 20 heavy (non-hydrogen) atoms. The molecule has 2 amide bonds. The molecule has 2 fully saturated rings. The Morgan fingerprint density at radius 1 is 1.30 bits per heavy atom. The monoisotopic (exact) mass is 279 g/mol. The number of rotatable bonds is 3. The second kappa shape index (κ2) is 5.24. The van der Waals surface area contributed by atoms with E-state index in [2.05, 4.69) is 10.3 Å². The van der Waals surface area contributed by atoms with Crippen LogP contribution >= 0.6 is 0 Å². The number of hydrogen-bond donors (Lipinski definition) is 2. The van der Waals surface area contributed by atoms with Gasteiger partial charge in [-0.3, -0.25) is 14.9 Å². The van der Waals surface area contributed by atoms with Crippen LogP contribution in [0.25, 0.3) is 0 Å². The zero-order valence-corrected chi connectivity index (χ0v) is 11.0. The van der Waals surface area contributed by atoms with Gasteiger partial charge in [-0.05, 0) is 25.7 Å². The lowest BCUT2D eigenvalue weighted by Gasteiger charge is -2.28. The smallest absolute Gasteiger partial charge is 0.302 e. The van der Waals surface area contributed by atoms with E-state index >= 15 is 0 Å². The molecule has 1 saturated carbocycles. The molecule has 1 aromatic rings. The minimum Gasteiger partial charge on any atom is -0.431 e. The molecule has 1 saturated heterocycles. The first-order valence-corrected chi connectivity index (χ1v) is 6.87. The van der Waals surface area contributed by atoms with Crippen molar-refractivity contribution in [2.24, 2.45) is 5.92 Å². The maximum Gasteiger partial charge on any atom is 0.302 e. The van der Waals surface area contributed by atoms with Gasteiger partial charge in [-0.25, -0.2) is 0 Å². The molecule has 108 valence electrons. The van der Waals surface area contributed by atoms with Gasteiger partial charge >= 0.3 is 6.01 Å². The van der Waals surface area contributed by atoms with E-state index in [4.69, 9.17) is 4.42 Å². The van der Waals surface area contributed by atoms with E-state index in [1.165, 1.54) is 6.26 Å². The lowest BCUT2D eigenvalue weighted by Crippen LogP contribution is -2.40. The highest BCUT2D eigenvalue weighted by atomic mass is 16.4. The van der Waals surface area contributed by atoms with Crippen LogP contribution in [0, 0.1) is 5.92 Å². The lowest BCUT2D eigenvalue weighted by atomic mass is 10.1. The normalized spacial score (nSPS) is 19.9. The average Bonchev–Trinajstić information content (AvgIpc) is 3.20. The van der Waals surface area contributed by atoms with Crippen LogP contribution < -0.4 is 5.32 Å². The summed E-state index contributed by atoms with van der Waals surface area (Å²) in [6, 6.07) is 0.0716. The molecule has 0 aromatic carbocycles. The molecular formula is C13H17N3O4. The summed E-state index contributed by atoms with van der Waals surface area (Å²) in [6.45, 7) is 1.02. The fourth-order valence-electron chi connectivity index (χ4n) is 2.21. The molecule has 2 N–H and O–H groups in total. The van der Waals surface area contributed by atoms with Crippen molar-refractivity contribution in [1.29, 1.82) is 0 Å². The first-order chi connectivity index (χ1) is 9.63. The van der Waals surface area contributed by atoms with Crippen molar-refractivity contribution in [2.45, 2.75) is 31.8 Å². The van der Waals surface area contributed by atoms with Gasteiger partial charge in [-0.15, -0.1) is 0 Å². The standard InChI is InChI=1S/C13H17N3O4/c17-9-3-5-16(6-4-9)12(19)10-7-20-13(14-10)15-11(18)8-1-2-8/h7-9,17H,1-6H2,(H,14,15,18). The summed E-state index contributed by atoms with van der Waals surface area (Å²) in [7, 11) is 0. The van der Waals surface area contributed by atoms with E-state index in [9.17, 15) is 14.7 Å². The first kappa shape index (κ1) is 13.1. The minimum absolute atomic E-state index is 0.0598. The van der Waals surface area contributed by atoms with Crippen LogP contribution in [0.2, 0.25) is 0 Å². The van der Waals surface area contributed by atoms with E-state index in [-0.39, 0.29) is 35.5 Å². The van der Waals surface area contributed by atoms with E-state index < -0.39 is 0 Å². The second-order valence-corrected chi connectivity index (χ2v) is 5.32. The predicted octanol–water partition coefficient (Wildman–Crippen LogP) is 0.620. The number of amides is 2. The molecule has 1 aliphatic carbocycles. The Hall–Kier alpha value is -1.89. The van der Waals surface area contributed by atoms with Gasteiger partial charge in [0.1, 0.15) is 6.26 Å². The molecule has 2 aliphatic rings. The third-order valence-corrected chi connectivity index (χ3v) is 3.65. The highest BCUT2D eigenvalue weighted by Crippen LogP contribution is 2.30. The van der Waals surface area contributed by atoms with Crippen LogP contribution in [0.5, 0.6) is 0 Å². The zero-order valence-electron chi connectivity index (χ0n) is 11.0. The fourth-order valence-corrected chi connectivity index (χ4v) is 2.21. The van der Waals surface area contributed by atoms with Crippen molar-refractivity contribution in [2.75, 3.05) is 18.4 Å². The number of oxazole rings is 1. The Kier molecular flexibility index (Phi) is 3.43. The molecule has 1 aromatic heterocycles. The van der Waals surface area contributed by atoms with Gasteiger partial charge < -0.3 is 14.4 Å². The number of nitrogens with one attached hydrogen (secondary N) is 1. The van der Waals surface area contributed by atoms with Gasteiger partial charge in [0.15, 0.2) is 5.69 Å². The van der Waals surface area contributed by atoms with E-state index in [1.807, 2.05) is 0 Å². The molecule has 0 spiro atoms. The number of carbonyl (C=O) groups is 2. The fraction of sp³-hybridized carbons (Fsp3) is 0.615. The number of aliphatic hydroxyl groups excluding tert-OH is 1. The third-order valence-electron chi connectivity index (χ3n) is 3.65. The molecular weight excluding hydrogens is 262 g/mol. The van der Waals surface area contributed by atoms with Crippen molar-refractivity contribution in [3.63, 3.8) is 0 Å². The van der Waals surface area contributed by atoms with Crippen molar-refractivity contribution < 1.29 is 19.1 Å². The number of carbonyl (C=O) groups excluding carboxylic acids is 2. The molecule has 1 aliphatic heterocycles. The molecule has 0 radical (unpaired) electrons. The third kappa shape index (κ3) is 2.82. The van der Waals surface area contributed by atoms with Crippen LogP contribution in [0.4, 0.5) is 6.01 Å². The molecule has 0 bridgehead atoms. The maximum absolute atomic E-state index is 12.2. The van der Waals surface area contributed by atoms with Crippen molar-refractivity contribution >= 4 is 17.8 Å². The number of anilines is 1. The first-order valence-electron chi connectivity index (χ1n) is 6.87. The summed E-state index contributed by atoms with van der Waals surface area (Å²) in [6.07, 6.45) is 3.88. The summed E-state index contributed by atoms with van der Waals surface area (Å²) in [4.78, 5) is 29.4. The number of piperidine rings is 1. The van der Waals surface area contributed by atoms with Crippen LogP contribution in [-0.4, -0.2) is 46.0 Å². The summed E-state index contributed by atoms with van der Waals surface area (Å²) in [5, 5.41) is 12.0. The Labute approximate surface area is 116 Å². The quantitative estimate of drug-likeness (QED) is 0.845. The van der Waals surface area contributed by atoms with Crippen LogP contribution in [0.1, 0.15) is 36.2 Å². The van der Waals surface area contributed by atoms with Crippen LogP contribution in [0.3, 0.4) is 0 Å². The number of aliphatic hydroxyl groups is 1. The Morgan fingerprint density at radius 2 is 2.00 bits per heavy atom. The molecule has 0 unspecified atom stereocenters. The Morgan fingerprint density at radius 3 is 2.65 bits per heavy atom. The van der Waals surface area contributed by atoms with Crippen molar-refractivity contribution in [3.8, 4) is 0 Å². The van der Waals surface area contributed by atoms with Gasteiger partial charge in [-0.2, -0.15) is 4.98 Å². The molecule has 7 nitrogen and oxygen atoms in total. The van der Waals surface area contributed by atoms with Gasteiger partial charge in [0.05, 0.1) is 6.10 Å². The molecule has 3 rings (SSSR count). The Balaban J connectivity index is 1.60.